The molecule has 3 aromatic rings. The van der Waals surface area contributed by atoms with E-state index in [1.807, 2.05) is 36.5 Å². The molecular weight excluding hydrogens is 352 g/mol. The predicted octanol–water partition coefficient (Wildman–Crippen LogP) is 2.86. The Kier molecular flexibility index (Phi) is 5.45. The summed E-state index contributed by atoms with van der Waals surface area (Å²) in [4.78, 5) is 4.32. The molecule has 0 aliphatic heterocycles. The zero-order valence-corrected chi connectivity index (χ0v) is 16.0. The van der Waals surface area contributed by atoms with Crippen LogP contribution < -0.4 is 10.5 Å². The Morgan fingerprint density at radius 3 is 2.86 bits per heavy atom. The Morgan fingerprint density at radius 2 is 2.11 bits per heavy atom. The highest BCUT2D eigenvalue weighted by atomic mass is 16.5. The Labute approximate surface area is 164 Å². The number of rotatable bonds is 7. The number of nitrogens with zero attached hydrogens (tertiary/aromatic N) is 3. The van der Waals surface area contributed by atoms with Crippen LogP contribution in [0.3, 0.4) is 0 Å². The van der Waals surface area contributed by atoms with E-state index in [9.17, 15) is 0 Å². The van der Waals surface area contributed by atoms with Crippen molar-refractivity contribution in [2.45, 2.75) is 26.3 Å². The molecule has 0 spiro atoms. The summed E-state index contributed by atoms with van der Waals surface area (Å²) in [5.74, 6) is 9.82. The number of aryl methyl sites for hydroxylation is 1. The van der Waals surface area contributed by atoms with E-state index in [1.54, 1.807) is 6.20 Å². The molecule has 1 aliphatic rings. The second-order valence-corrected chi connectivity index (χ2v) is 7.08. The van der Waals surface area contributed by atoms with Crippen LogP contribution in [0.25, 0.3) is 0 Å². The van der Waals surface area contributed by atoms with E-state index < -0.39 is 0 Å². The molecule has 0 amide bonds. The van der Waals surface area contributed by atoms with Gasteiger partial charge in [0.2, 0.25) is 5.76 Å². The summed E-state index contributed by atoms with van der Waals surface area (Å²) in [5, 5.41) is 4.10. The van der Waals surface area contributed by atoms with Crippen LogP contribution >= 0.6 is 0 Å². The van der Waals surface area contributed by atoms with E-state index in [1.165, 1.54) is 6.42 Å². The van der Waals surface area contributed by atoms with Crippen molar-refractivity contribution >= 4 is 0 Å². The molecule has 1 aliphatic carbocycles. The van der Waals surface area contributed by atoms with Crippen molar-refractivity contribution in [1.29, 1.82) is 0 Å². The first kappa shape index (κ1) is 18.3. The molecule has 6 nitrogen and oxygen atoms in total. The lowest BCUT2D eigenvalue weighted by atomic mass is 10.2. The van der Waals surface area contributed by atoms with Crippen molar-refractivity contribution in [2.24, 2.45) is 17.6 Å². The van der Waals surface area contributed by atoms with Gasteiger partial charge < -0.3 is 19.6 Å². The molecule has 0 saturated heterocycles. The molecule has 1 fully saturated rings. The third-order valence-corrected chi connectivity index (χ3v) is 5.03. The highest BCUT2D eigenvalue weighted by molar-refractivity contribution is 5.41. The molecule has 2 unspecified atom stereocenters. The Morgan fingerprint density at radius 1 is 1.25 bits per heavy atom. The average molecular weight is 376 g/mol. The highest BCUT2D eigenvalue weighted by Gasteiger charge is 2.36. The minimum atomic E-state index is 0.551. The molecule has 6 heteroatoms. The fourth-order valence-corrected chi connectivity index (χ4v) is 3.19. The SMILES string of the molecule is CCc1nccn1Cc1cc(C#Cc2ccc(OCC3CC3CN)cc2)on1. The Hall–Kier alpha value is -3.04. The predicted molar refractivity (Wildman–Crippen MR) is 106 cm³/mol. The van der Waals surface area contributed by atoms with Crippen molar-refractivity contribution in [2.75, 3.05) is 13.2 Å². The maximum atomic E-state index is 5.81. The number of nitrogens with two attached hydrogens (primary N) is 1. The number of aromatic nitrogens is 3. The van der Waals surface area contributed by atoms with Crippen LogP contribution in [0.1, 0.15) is 36.2 Å². The van der Waals surface area contributed by atoms with Crippen molar-refractivity contribution in [1.82, 2.24) is 14.7 Å². The van der Waals surface area contributed by atoms with Crippen LogP contribution in [-0.4, -0.2) is 27.9 Å². The summed E-state index contributed by atoms with van der Waals surface area (Å²) in [5.41, 5.74) is 7.39. The van der Waals surface area contributed by atoms with Gasteiger partial charge in [0.1, 0.15) is 17.3 Å². The largest absolute Gasteiger partial charge is 0.493 e. The average Bonchev–Trinajstić information content (AvgIpc) is 3.10. The van der Waals surface area contributed by atoms with E-state index in [4.69, 9.17) is 15.0 Å². The van der Waals surface area contributed by atoms with Gasteiger partial charge in [-0.25, -0.2) is 4.98 Å². The van der Waals surface area contributed by atoms with E-state index in [-0.39, 0.29) is 0 Å². The van der Waals surface area contributed by atoms with E-state index in [0.717, 1.165) is 42.4 Å². The van der Waals surface area contributed by atoms with Gasteiger partial charge in [-0.2, -0.15) is 0 Å². The smallest absolute Gasteiger partial charge is 0.210 e. The monoisotopic (exact) mass is 376 g/mol. The molecular formula is C22H24N4O2. The molecule has 2 heterocycles. The molecule has 28 heavy (non-hydrogen) atoms. The number of hydrogen-bond donors (Lipinski definition) is 1. The first-order valence-electron chi connectivity index (χ1n) is 9.65. The first-order valence-corrected chi connectivity index (χ1v) is 9.65. The zero-order chi connectivity index (χ0) is 19.3. The molecule has 4 rings (SSSR count). The van der Waals surface area contributed by atoms with Crippen LogP contribution in [0.5, 0.6) is 5.75 Å². The van der Waals surface area contributed by atoms with Crippen LogP contribution in [-0.2, 0) is 13.0 Å². The summed E-state index contributed by atoms with van der Waals surface area (Å²) < 4.78 is 13.2. The molecule has 0 bridgehead atoms. The van der Waals surface area contributed by atoms with Gasteiger partial charge in [-0.3, -0.25) is 0 Å². The van der Waals surface area contributed by atoms with Crippen LogP contribution in [0.15, 0.2) is 47.2 Å². The number of ether oxygens (including phenoxy) is 1. The Balaban J connectivity index is 1.33. The van der Waals surface area contributed by atoms with Gasteiger partial charge in [-0.15, -0.1) is 0 Å². The molecule has 2 aromatic heterocycles. The van der Waals surface area contributed by atoms with Gasteiger partial charge in [0, 0.05) is 30.4 Å². The molecule has 144 valence electrons. The molecule has 0 radical (unpaired) electrons. The first-order chi connectivity index (χ1) is 13.7. The highest BCUT2D eigenvalue weighted by Crippen LogP contribution is 2.37. The lowest BCUT2D eigenvalue weighted by Gasteiger charge is -2.05. The van der Waals surface area contributed by atoms with Gasteiger partial charge in [0.25, 0.3) is 0 Å². The van der Waals surface area contributed by atoms with Gasteiger partial charge >= 0.3 is 0 Å². The summed E-state index contributed by atoms with van der Waals surface area (Å²) in [6, 6.07) is 9.66. The minimum absolute atomic E-state index is 0.551. The van der Waals surface area contributed by atoms with Crippen molar-refractivity contribution in [3.63, 3.8) is 0 Å². The fourth-order valence-electron chi connectivity index (χ4n) is 3.19. The molecule has 2 atom stereocenters. The normalized spacial score (nSPS) is 17.8. The quantitative estimate of drug-likeness (QED) is 0.642. The standard InChI is InChI=1S/C22H24N4O2/c1-2-22-24-9-10-26(22)14-19-12-21(28-25-19)8-5-16-3-6-20(7-4-16)27-15-18-11-17(18)13-23/h3-4,6-7,9-10,12,17-18H,2,11,13-15,23H2,1H3. The number of benzene rings is 1. The van der Waals surface area contributed by atoms with Crippen LogP contribution in [0.4, 0.5) is 0 Å². The van der Waals surface area contributed by atoms with E-state index in [0.29, 0.717) is 24.1 Å². The third-order valence-electron chi connectivity index (χ3n) is 5.03. The van der Waals surface area contributed by atoms with Gasteiger partial charge in [0.05, 0.1) is 13.2 Å². The molecule has 1 aromatic carbocycles. The maximum absolute atomic E-state index is 5.81. The topological polar surface area (TPSA) is 79.1 Å². The van der Waals surface area contributed by atoms with Crippen molar-refractivity contribution < 1.29 is 9.26 Å². The van der Waals surface area contributed by atoms with Gasteiger partial charge in [-0.05, 0) is 55.0 Å². The lowest BCUT2D eigenvalue weighted by molar-refractivity contribution is 0.292. The van der Waals surface area contributed by atoms with E-state index in [2.05, 4.69) is 33.5 Å². The zero-order valence-electron chi connectivity index (χ0n) is 16.0. The van der Waals surface area contributed by atoms with Crippen LogP contribution in [0.2, 0.25) is 0 Å². The Bertz CT molecular complexity index is 978. The third kappa shape index (κ3) is 4.44. The summed E-state index contributed by atoms with van der Waals surface area (Å²) >= 11 is 0. The fraction of sp³-hybridized carbons (Fsp3) is 0.364. The maximum Gasteiger partial charge on any atom is 0.210 e. The second-order valence-electron chi connectivity index (χ2n) is 7.08. The van der Waals surface area contributed by atoms with Gasteiger partial charge in [0.15, 0.2) is 0 Å². The van der Waals surface area contributed by atoms with E-state index >= 15 is 0 Å². The number of hydrogen-bond acceptors (Lipinski definition) is 5. The molecule has 2 N–H and O–H groups in total. The van der Waals surface area contributed by atoms with Crippen LogP contribution in [0, 0.1) is 23.7 Å². The van der Waals surface area contributed by atoms with Crippen molar-refractivity contribution in [3.8, 4) is 17.6 Å². The van der Waals surface area contributed by atoms with Gasteiger partial charge in [-0.1, -0.05) is 18.0 Å². The number of imidazole rings is 1. The molecule has 1 saturated carbocycles. The summed E-state index contributed by atoms with van der Waals surface area (Å²) in [6.45, 7) is 4.21. The van der Waals surface area contributed by atoms with Crippen molar-refractivity contribution in [3.05, 3.63) is 65.6 Å². The second kappa shape index (κ2) is 8.32. The summed E-state index contributed by atoms with van der Waals surface area (Å²) in [7, 11) is 0. The summed E-state index contributed by atoms with van der Waals surface area (Å²) in [6.07, 6.45) is 5.81. The minimum Gasteiger partial charge on any atom is -0.493 e. The lowest BCUT2D eigenvalue weighted by Crippen LogP contribution is -2.07.